The molecule has 0 saturated heterocycles. The maximum absolute atomic E-state index is 12.6. The van der Waals surface area contributed by atoms with E-state index >= 15 is 0 Å². The number of ether oxygens (including phenoxy) is 2. The van der Waals surface area contributed by atoms with E-state index in [0.717, 1.165) is 16.9 Å². The summed E-state index contributed by atoms with van der Waals surface area (Å²) in [4.78, 5) is 14.4. The lowest BCUT2D eigenvalue weighted by atomic mass is 10.1. The minimum absolute atomic E-state index is 0.0640. The second kappa shape index (κ2) is 7.58. The summed E-state index contributed by atoms with van der Waals surface area (Å²) >= 11 is 6.20. The lowest BCUT2D eigenvalue weighted by molar-refractivity contribution is -0.130. The molecule has 0 bridgehead atoms. The Morgan fingerprint density at radius 2 is 1.88 bits per heavy atom. The smallest absolute Gasteiger partial charge is 0.227 e. The van der Waals surface area contributed by atoms with Crippen molar-refractivity contribution in [3.8, 4) is 11.5 Å². The van der Waals surface area contributed by atoms with E-state index in [0.29, 0.717) is 43.5 Å². The van der Waals surface area contributed by atoms with Gasteiger partial charge in [-0.2, -0.15) is 0 Å². The zero-order valence-electron chi connectivity index (χ0n) is 13.6. The highest BCUT2D eigenvalue weighted by atomic mass is 35.5. The lowest BCUT2D eigenvalue weighted by Crippen LogP contribution is -2.31. The van der Waals surface area contributed by atoms with Gasteiger partial charge in [0.2, 0.25) is 5.91 Å². The molecule has 0 saturated carbocycles. The highest BCUT2D eigenvalue weighted by molar-refractivity contribution is 6.31. The number of hydrogen-bond donors (Lipinski definition) is 0. The summed E-state index contributed by atoms with van der Waals surface area (Å²) in [5.41, 5.74) is 1.87. The molecule has 0 spiro atoms. The molecule has 3 rings (SSSR count). The summed E-state index contributed by atoms with van der Waals surface area (Å²) in [6, 6.07) is 13.3. The van der Waals surface area contributed by atoms with Gasteiger partial charge in [-0.05, 0) is 36.2 Å². The van der Waals surface area contributed by atoms with Crippen molar-refractivity contribution >= 4 is 17.5 Å². The van der Waals surface area contributed by atoms with Gasteiger partial charge in [0.05, 0.1) is 6.42 Å². The number of fused-ring (bicyclic) bond motifs is 1. The molecule has 1 amide bonds. The zero-order valence-corrected chi connectivity index (χ0v) is 14.4. The van der Waals surface area contributed by atoms with Crippen LogP contribution in [0.15, 0.2) is 42.5 Å². The number of nitrogens with zero attached hydrogens (tertiary/aromatic N) is 1. The molecule has 0 unspecified atom stereocenters. The van der Waals surface area contributed by atoms with Crippen molar-refractivity contribution in [2.24, 2.45) is 0 Å². The number of carbonyl (C=O) groups excluding carboxylic acids is 1. The number of benzene rings is 2. The van der Waals surface area contributed by atoms with Crippen molar-refractivity contribution in [3.63, 3.8) is 0 Å². The molecule has 2 aromatic carbocycles. The van der Waals surface area contributed by atoms with Gasteiger partial charge in [-0.3, -0.25) is 4.79 Å². The van der Waals surface area contributed by atoms with Crippen molar-refractivity contribution < 1.29 is 14.3 Å². The molecule has 0 radical (unpaired) electrons. The number of amides is 1. The molecule has 0 fully saturated rings. The van der Waals surface area contributed by atoms with E-state index in [2.05, 4.69) is 0 Å². The first-order valence-electron chi connectivity index (χ1n) is 8.07. The Morgan fingerprint density at radius 1 is 1.12 bits per heavy atom. The van der Waals surface area contributed by atoms with Gasteiger partial charge in [-0.1, -0.05) is 35.9 Å². The molecule has 126 valence electrons. The first kappa shape index (κ1) is 16.7. The molecule has 2 aromatic rings. The Labute approximate surface area is 146 Å². The highest BCUT2D eigenvalue weighted by Gasteiger charge is 2.17. The standard InChI is InChI=1S/C19H20ClNO3/c1-2-21(13-15-5-3-4-6-16(15)20)19(22)12-14-7-8-17-18(11-14)24-10-9-23-17/h3-8,11H,2,9-10,12-13H2,1H3. The average Bonchev–Trinajstić information content (AvgIpc) is 2.61. The summed E-state index contributed by atoms with van der Waals surface area (Å²) in [7, 11) is 0. The van der Waals surface area contributed by atoms with Crippen LogP contribution in [0.5, 0.6) is 11.5 Å². The van der Waals surface area contributed by atoms with Crippen LogP contribution in [0, 0.1) is 0 Å². The van der Waals surface area contributed by atoms with E-state index in [4.69, 9.17) is 21.1 Å². The van der Waals surface area contributed by atoms with E-state index in [9.17, 15) is 4.79 Å². The van der Waals surface area contributed by atoms with Crippen LogP contribution < -0.4 is 9.47 Å². The molecule has 4 nitrogen and oxygen atoms in total. The minimum Gasteiger partial charge on any atom is -0.486 e. The number of likely N-dealkylation sites (N-methyl/N-ethyl adjacent to an activating group) is 1. The Kier molecular flexibility index (Phi) is 5.26. The van der Waals surface area contributed by atoms with Crippen molar-refractivity contribution in [3.05, 3.63) is 58.6 Å². The van der Waals surface area contributed by atoms with E-state index in [1.165, 1.54) is 0 Å². The van der Waals surface area contributed by atoms with E-state index in [1.807, 2.05) is 49.4 Å². The fourth-order valence-corrected chi connectivity index (χ4v) is 2.89. The summed E-state index contributed by atoms with van der Waals surface area (Å²) in [5.74, 6) is 1.51. The third-order valence-corrected chi connectivity index (χ3v) is 4.38. The van der Waals surface area contributed by atoms with Crippen molar-refractivity contribution in [2.75, 3.05) is 19.8 Å². The summed E-state index contributed by atoms with van der Waals surface area (Å²) in [5, 5.41) is 0.683. The average molecular weight is 346 g/mol. The van der Waals surface area contributed by atoms with Crippen LogP contribution in [0.2, 0.25) is 5.02 Å². The molecule has 24 heavy (non-hydrogen) atoms. The molecule has 1 aliphatic heterocycles. The number of rotatable bonds is 5. The maximum atomic E-state index is 12.6. The lowest BCUT2D eigenvalue weighted by Gasteiger charge is -2.22. The molecular formula is C19H20ClNO3. The van der Waals surface area contributed by atoms with Crippen LogP contribution in [0.25, 0.3) is 0 Å². The first-order chi connectivity index (χ1) is 11.7. The molecule has 1 aliphatic rings. The monoisotopic (exact) mass is 345 g/mol. The Morgan fingerprint density at radius 3 is 2.62 bits per heavy atom. The van der Waals surface area contributed by atoms with Gasteiger partial charge in [0.1, 0.15) is 13.2 Å². The van der Waals surface area contributed by atoms with Crippen molar-refractivity contribution in [1.29, 1.82) is 0 Å². The van der Waals surface area contributed by atoms with Crippen LogP contribution in [0.4, 0.5) is 0 Å². The summed E-state index contributed by atoms with van der Waals surface area (Å²) in [6.07, 6.45) is 0.328. The Balaban J connectivity index is 1.69. The number of carbonyl (C=O) groups is 1. The number of hydrogen-bond acceptors (Lipinski definition) is 3. The van der Waals surface area contributed by atoms with Gasteiger partial charge in [0.25, 0.3) is 0 Å². The van der Waals surface area contributed by atoms with Gasteiger partial charge in [0.15, 0.2) is 11.5 Å². The molecule has 0 atom stereocenters. The van der Waals surface area contributed by atoms with Gasteiger partial charge in [0, 0.05) is 18.1 Å². The first-order valence-corrected chi connectivity index (χ1v) is 8.45. The topological polar surface area (TPSA) is 38.8 Å². The van der Waals surface area contributed by atoms with Crippen LogP contribution in [-0.2, 0) is 17.8 Å². The molecule has 1 heterocycles. The summed E-state index contributed by atoms with van der Waals surface area (Å²) in [6.45, 7) is 4.22. The highest BCUT2D eigenvalue weighted by Crippen LogP contribution is 2.31. The Bertz CT molecular complexity index is 732. The predicted molar refractivity (Wildman–Crippen MR) is 93.7 cm³/mol. The second-order valence-corrected chi connectivity index (χ2v) is 6.06. The van der Waals surface area contributed by atoms with Crippen LogP contribution >= 0.6 is 11.6 Å². The van der Waals surface area contributed by atoms with Crippen LogP contribution in [0.1, 0.15) is 18.1 Å². The van der Waals surface area contributed by atoms with E-state index in [1.54, 1.807) is 4.90 Å². The van der Waals surface area contributed by atoms with Gasteiger partial charge in [-0.15, -0.1) is 0 Å². The van der Waals surface area contributed by atoms with Crippen molar-refractivity contribution in [2.45, 2.75) is 19.9 Å². The van der Waals surface area contributed by atoms with E-state index < -0.39 is 0 Å². The summed E-state index contributed by atoms with van der Waals surface area (Å²) < 4.78 is 11.1. The minimum atomic E-state index is 0.0640. The van der Waals surface area contributed by atoms with Gasteiger partial charge in [-0.25, -0.2) is 0 Å². The molecule has 0 aliphatic carbocycles. The second-order valence-electron chi connectivity index (χ2n) is 5.65. The SMILES string of the molecule is CCN(Cc1ccccc1Cl)C(=O)Cc1ccc2c(c1)OCCO2. The van der Waals surface area contributed by atoms with Crippen LogP contribution in [0.3, 0.4) is 0 Å². The Hall–Kier alpha value is -2.20. The zero-order chi connectivity index (χ0) is 16.9. The quantitative estimate of drug-likeness (QED) is 0.829. The molecular weight excluding hydrogens is 326 g/mol. The molecule has 0 N–H and O–H groups in total. The number of halogens is 1. The molecule has 0 aromatic heterocycles. The maximum Gasteiger partial charge on any atom is 0.227 e. The van der Waals surface area contributed by atoms with Crippen LogP contribution in [-0.4, -0.2) is 30.6 Å². The third kappa shape index (κ3) is 3.82. The van der Waals surface area contributed by atoms with Gasteiger partial charge < -0.3 is 14.4 Å². The largest absolute Gasteiger partial charge is 0.486 e. The fraction of sp³-hybridized carbons (Fsp3) is 0.316. The third-order valence-electron chi connectivity index (χ3n) is 4.02. The molecule has 5 heteroatoms. The van der Waals surface area contributed by atoms with E-state index in [-0.39, 0.29) is 5.91 Å². The fourth-order valence-electron chi connectivity index (χ4n) is 2.69. The van der Waals surface area contributed by atoms with Crippen molar-refractivity contribution in [1.82, 2.24) is 4.90 Å². The predicted octanol–water partition coefficient (Wildman–Crippen LogP) is 3.70. The normalized spacial score (nSPS) is 12.8. The van der Waals surface area contributed by atoms with Gasteiger partial charge >= 0.3 is 0 Å².